The Kier molecular flexibility index (Phi) is 4.22. The number of nitrogens with two attached hydrogens (primary N) is 1. The van der Waals surface area contributed by atoms with Gasteiger partial charge in [-0.15, -0.1) is 0 Å². The van der Waals surface area contributed by atoms with Gasteiger partial charge in [0.2, 0.25) is 15.9 Å². The molecule has 0 aromatic heterocycles. The molecule has 0 aliphatic heterocycles. The number of nitrogens with one attached hydrogen (secondary N) is 2. The Morgan fingerprint density at radius 2 is 2.10 bits per heavy atom. The van der Waals surface area contributed by atoms with Gasteiger partial charge in [-0.25, -0.2) is 8.42 Å². The molecule has 2 rings (SSSR count). The van der Waals surface area contributed by atoms with Crippen LogP contribution in [0, 0.1) is 0 Å². The summed E-state index contributed by atoms with van der Waals surface area (Å²) < 4.78 is 26.7. The topological polar surface area (TPSA) is 101 Å². The smallest absolute Gasteiger partial charge is 0.242 e. The maximum Gasteiger partial charge on any atom is 0.242 e. The number of rotatable bonds is 5. The van der Waals surface area contributed by atoms with Crippen molar-refractivity contribution in [3.8, 4) is 0 Å². The summed E-state index contributed by atoms with van der Waals surface area (Å²) in [5, 5.41) is 2.79. The van der Waals surface area contributed by atoms with Crippen LogP contribution in [0.2, 0.25) is 5.02 Å². The van der Waals surface area contributed by atoms with Gasteiger partial charge in [-0.05, 0) is 38.0 Å². The third-order valence-electron chi connectivity index (χ3n) is 2.89. The SMILES string of the molecule is CC(NS(=O)(=O)c1cc(N)ccc1Cl)C(=O)NC1CC1. The lowest BCUT2D eigenvalue weighted by molar-refractivity contribution is -0.122. The maximum absolute atomic E-state index is 12.2. The highest BCUT2D eigenvalue weighted by Crippen LogP contribution is 2.24. The Labute approximate surface area is 122 Å². The fraction of sp³-hybridized carbons (Fsp3) is 0.417. The van der Waals surface area contributed by atoms with Gasteiger partial charge in [0, 0.05) is 11.7 Å². The first-order valence-corrected chi connectivity index (χ1v) is 8.03. The van der Waals surface area contributed by atoms with Crippen LogP contribution < -0.4 is 15.8 Å². The molecule has 0 radical (unpaired) electrons. The van der Waals surface area contributed by atoms with Gasteiger partial charge in [0.05, 0.1) is 11.1 Å². The summed E-state index contributed by atoms with van der Waals surface area (Å²) in [6, 6.07) is 3.46. The largest absolute Gasteiger partial charge is 0.399 e. The van der Waals surface area contributed by atoms with E-state index in [1.807, 2.05) is 0 Å². The molecule has 1 aromatic carbocycles. The highest BCUT2D eigenvalue weighted by atomic mass is 35.5. The summed E-state index contributed by atoms with van der Waals surface area (Å²) in [6.45, 7) is 1.48. The molecule has 0 spiro atoms. The standard InChI is InChI=1S/C12H16ClN3O3S/c1-7(12(17)15-9-3-4-9)16-20(18,19)11-6-8(14)2-5-10(11)13/h2,5-7,9,16H,3-4,14H2,1H3,(H,15,17). The number of sulfonamides is 1. The van der Waals surface area contributed by atoms with Crippen LogP contribution in [0.4, 0.5) is 5.69 Å². The van der Waals surface area contributed by atoms with E-state index in [9.17, 15) is 13.2 Å². The lowest BCUT2D eigenvalue weighted by Gasteiger charge is -2.15. The summed E-state index contributed by atoms with van der Waals surface area (Å²) in [5.74, 6) is -0.351. The van der Waals surface area contributed by atoms with Crippen LogP contribution >= 0.6 is 11.6 Å². The molecule has 8 heteroatoms. The van der Waals surface area contributed by atoms with Crippen LogP contribution in [0.3, 0.4) is 0 Å². The highest BCUT2D eigenvalue weighted by molar-refractivity contribution is 7.89. The van der Waals surface area contributed by atoms with Crippen LogP contribution in [-0.2, 0) is 14.8 Å². The van der Waals surface area contributed by atoms with E-state index in [2.05, 4.69) is 10.0 Å². The van der Waals surface area contributed by atoms with Crippen molar-refractivity contribution >= 4 is 33.2 Å². The minimum absolute atomic E-state index is 0.0569. The average molecular weight is 318 g/mol. The zero-order valence-electron chi connectivity index (χ0n) is 10.9. The second-order valence-electron chi connectivity index (χ2n) is 4.82. The molecule has 110 valence electrons. The monoisotopic (exact) mass is 317 g/mol. The molecule has 4 N–H and O–H groups in total. The molecule has 1 atom stereocenters. The quantitative estimate of drug-likeness (QED) is 0.701. The summed E-state index contributed by atoms with van der Waals surface area (Å²) in [5.41, 5.74) is 5.84. The van der Waals surface area contributed by atoms with E-state index in [4.69, 9.17) is 17.3 Å². The van der Waals surface area contributed by atoms with Gasteiger partial charge >= 0.3 is 0 Å². The minimum Gasteiger partial charge on any atom is -0.399 e. The summed E-state index contributed by atoms with van der Waals surface area (Å²) in [4.78, 5) is 11.6. The van der Waals surface area contributed by atoms with Gasteiger partial charge in [0.15, 0.2) is 0 Å². The number of amides is 1. The van der Waals surface area contributed by atoms with Crippen molar-refractivity contribution in [3.05, 3.63) is 23.2 Å². The third kappa shape index (κ3) is 3.62. The van der Waals surface area contributed by atoms with Crippen molar-refractivity contribution in [2.24, 2.45) is 0 Å². The molecule has 0 saturated heterocycles. The van der Waals surface area contributed by atoms with Crippen molar-refractivity contribution in [2.45, 2.75) is 36.7 Å². The van der Waals surface area contributed by atoms with Crippen molar-refractivity contribution < 1.29 is 13.2 Å². The van der Waals surface area contributed by atoms with Crippen molar-refractivity contribution in [3.63, 3.8) is 0 Å². The summed E-state index contributed by atoms with van der Waals surface area (Å²) in [7, 11) is -3.90. The second kappa shape index (κ2) is 5.59. The number of nitrogen functional groups attached to an aromatic ring is 1. The molecular weight excluding hydrogens is 302 g/mol. The summed E-state index contributed by atoms with van der Waals surface area (Å²) >= 11 is 5.86. The molecule has 1 unspecified atom stereocenters. The fourth-order valence-corrected chi connectivity index (χ4v) is 3.37. The molecule has 1 aromatic rings. The Morgan fingerprint density at radius 1 is 1.45 bits per heavy atom. The minimum atomic E-state index is -3.90. The number of anilines is 1. The zero-order chi connectivity index (χ0) is 14.9. The van der Waals surface area contributed by atoms with E-state index < -0.39 is 16.1 Å². The lowest BCUT2D eigenvalue weighted by atomic mass is 10.3. The number of benzene rings is 1. The number of hydrogen-bond donors (Lipinski definition) is 3. The summed E-state index contributed by atoms with van der Waals surface area (Å²) in [6.07, 6.45) is 1.87. The zero-order valence-corrected chi connectivity index (χ0v) is 12.5. The van der Waals surface area contributed by atoms with Crippen LogP contribution in [0.1, 0.15) is 19.8 Å². The molecule has 1 fully saturated rings. The van der Waals surface area contributed by atoms with Gasteiger partial charge in [-0.3, -0.25) is 4.79 Å². The Bertz CT molecular complexity index is 629. The predicted molar refractivity (Wildman–Crippen MR) is 76.8 cm³/mol. The first kappa shape index (κ1) is 15.1. The van der Waals surface area contributed by atoms with Gasteiger partial charge in [0.1, 0.15) is 4.90 Å². The first-order valence-electron chi connectivity index (χ1n) is 6.17. The average Bonchev–Trinajstić information content (AvgIpc) is 3.15. The number of carbonyl (C=O) groups is 1. The molecule has 1 aliphatic carbocycles. The van der Waals surface area contributed by atoms with Crippen LogP contribution in [-0.4, -0.2) is 26.4 Å². The molecule has 20 heavy (non-hydrogen) atoms. The van der Waals surface area contributed by atoms with E-state index in [1.165, 1.54) is 25.1 Å². The normalized spacial score (nSPS) is 16.7. The second-order valence-corrected chi connectivity index (χ2v) is 6.91. The van der Waals surface area contributed by atoms with Gasteiger partial charge in [-0.2, -0.15) is 4.72 Å². The van der Waals surface area contributed by atoms with E-state index in [0.29, 0.717) is 0 Å². The van der Waals surface area contributed by atoms with Crippen LogP contribution in [0.15, 0.2) is 23.1 Å². The van der Waals surface area contributed by atoms with Gasteiger partial charge < -0.3 is 11.1 Å². The lowest BCUT2D eigenvalue weighted by Crippen LogP contribution is -2.45. The number of halogens is 1. The molecular formula is C12H16ClN3O3S. The molecule has 6 nitrogen and oxygen atoms in total. The maximum atomic E-state index is 12.2. The van der Waals surface area contributed by atoms with Crippen LogP contribution in [0.25, 0.3) is 0 Å². The molecule has 1 saturated carbocycles. The fourth-order valence-electron chi connectivity index (χ4n) is 1.63. The van der Waals surface area contributed by atoms with Crippen molar-refractivity contribution in [1.29, 1.82) is 0 Å². The van der Waals surface area contributed by atoms with Crippen molar-refractivity contribution in [2.75, 3.05) is 5.73 Å². The third-order valence-corrected chi connectivity index (χ3v) is 4.92. The highest BCUT2D eigenvalue weighted by Gasteiger charge is 2.28. The van der Waals surface area contributed by atoms with Gasteiger partial charge in [0.25, 0.3) is 0 Å². The van der Waals surface area contributed by atoms with E-state index >= 15 is 0 Å². The van der Waals surface area contributed by atoms with Crippen molar-refractivity contribution in [1.82, 2.24) is 10.0 Å². The number of hydrogen-bond acceptors (Lipinski definition) is 4. The molecule has 1 amide bonds. The Hall–Kier alpha value is -1.31. The van der Waals surface area contributed by atoms with E-state index in [0.717, 1.165) is 12.8 Å². The van der Waals surface area contributed by atoms with E-state index in [-0.39, 0.29) is 27.6 Å². The molecule has 0 bridgehead atoms. The van der Waals surface area contributed by atoms with Gasteiger partial charge in [-0.1, -0.05) is 11.6 Å². The van der Waals surface area contributed by atoms with Crippen LogP contribution in [0.5, 0.6) is 0 Å². The Morgan fingerprint density at radius 3 is 2.70 bits per heavy atom. The molecule has 1 aliphatic rings. The number of carbonyl (C=O) groups excluding carboxylic acids is 1. The Balaban J connectivity index is 2.13. The molecule has 0 heterocycles. The predicted octanol–water partition coefficient (Wildman–Crippen LogP) is 0.868. The van der Waals surface area contributed by atoms with E-state index in [1.54, 1.807) is 0 Å². The first-order chi connectivity index (χ1) is 9.29.